The van der Waals surface area contributed by atoms with Crippen molar-refractivity contribution in [2.24, 2.45) is 0 Å². The third kappa shape index (κ3) is 7.81. The quantitative estimate of drug-likeness (QED) is 0.142. The number of amides is 1. The monoisotopic (exact) mass is 717 g/mol. The number of hydrogen-bond acceptors (Lipinski definition) is 9. The van der Waals surface area contributed by atoms with Gasteiger partial charge in [-0.3, -0.25) is 14.3 Å². The van der Waals surface area contributed by atoms with E-state index in [0.717, 1.165) is 16.7 Å². The van der Waals surface area contributed by atoms with E-state index in [2.05, 4.69) is 44.2 Å². The van der Waals surface area contributed by atoms with Crippen LogP contribution < -0.4 is 26.0 Å². The number of rotatable bonds is 12. The second-order valence-corrected chi connectivity index (χ2v) is 18.6. The third-order valence-electron chi connectivity index (χ3n) is 9.73. The molecule has 4 atom stereocenters. The maximum absolute atomic E-state index is 13.1. The number of aromatic nitrogens is 2. The summed E-state index contributed by atoms with van der Waals surface area (Å²) < 4.78 is 39.0. The van der Waals surface area contributed by atoms with Gasteiger partial charge in [-0.15, -0.1) is 0 Å². The number of ether oxygens (including phenoxy) is 5. The van der Waals surface area contributed by atoms with Crippen molar-refractivity contribution in [2.75, 3.05) is 27.9 Å². The summed E-state index contributed by atoms with van der Waals surface area (Å²) in [6, 6.07) is 26.3. The van der Waals surface area contributed by atoms with Crippen LogP contribution in [0.3, 0.4) is 0 Å². The lowest BCUT2D eigenvalue weighted by atomic mass is 9.80. The summed E-state index contributed by atoms with van der Waals surface area (Å²) in [6.07, 6.45) is -3.37. The van der Waals surface area contributed by atoms with Crippen LogP contribution in [0.2, 0.25) is 18.1 Å². The van der Waals surface area contributed by atoms with Gasteiger partial charge in [0.05, 0.1) is 20.8 Å². The summed E-state index contributed by atoms with van der Waals surface area (Å²) in [4.78, 5) is 40.3. The Kier molecular flexibility index (Phi) is 11.2. The first kappa shape index (κ1) is 37.6. The van der Waals surface area contributed by atoms with Crippen LogP contribution in [0, 0.1) is 0 Å². The van der Waals surface area contributed by atoms with Gasteiger partial charge in [0.1, 0.15) is 29.3 Å². The van der Waals surface area contributed by atoms with Crippen LogP contribution in [0.25, 0.3) is 0 Å². The molecule has 51 heavy (non-hydrogen) atoms. The Balaban J connectivity index is 1.67. The zero-order valence-electron chi connectivity index (χ0n) is 30.3. The van der Waals surface area contributed by atoms with Crippen molar-refractivity contribution in [2.45, 2.75) is 69.0 Å². The molecule has 0 saturated carbocycles. The van der Waals surface area contributed by atoms with Crippen LogP contribution in [0.1, 0.15) is 43.7 Å². The smallest absolute Gasteiger partial charge is 0.407 e. The largest absolute Gasteiger partial charge is 0.497 e. The van der Waals surface area contributed by atoms with Crippen molar-refractivity contribution < 1.29 is 32.9 Å². The van der Waals surface area contributed by atoms with Gasteiger partial charge >= 0.3 is 11.8 Å². The fourth-order valence-corrected chi connectivity index (χ4v) is 7.26. The highest BCUT2D eigenvalue weighted by Gasteiger charge is 2.54. The summed E-state index contributed by atoms with van der Waals surface area (Å²) in [5, 5.41) is 2.26. The number of alkyl carbamates (subject to hydrolysis) is 1. The number of H-pyrrole nitrogens is 1. The molecule has 1 aromatic heterocycles. The molecule has 0 bridgehead atoms. The molecule has 13 heteroatoms. The Bertz CT molecular complexity index is 1840. The number of aromatic amines is 1. The minimum Gasteiger partial charge on any atom is -0.497 e. The average Bonchev–Trinajstić information content (AvgIpc) is 3.43. The molecule has 0 unspecified atom stereocenters. The highest BCUT2D eigenvalue weighted by Crippen LogP contribution is 2.45. The second-order valence-electron chi connectivity index (χ2n) is 13.9. The molecule has 0 aliphatic carbocycles. The topological polar surface area (TPSA) is 139 Å². The molecule has 5 rings (SSSR count). The van der Waals surface area contributed by atoms with Crippen molar-refractivity contribution in [3.05, 3.63) is 129 Å². The molecular formula is C38H47N3O9Si. The number of carbonyl (C=O) groups is 1. The fourth-order valence-electron chi connectivity index (χ4n) is 5.94. The molecule has 0 spiro atoms. The summed E-state index contributed by atoms with van der Waals surface area (Å²) >= 11 is 0. The number of nitrogens with one attached hydrogen (secondary N) is 2. The molecule has 4 aromatic rings. The Labute approximate surface area is 298 Å². The Morgan fingerprint density at radius 3 is 1.88 bits per heavy atom. The zero-order valence-corrected chi connectivity index (χ0v) is 31.3. The summed E-state index contributed by atoms with van der Waals surface area (Å²) in [7, 11) is 2.09. The number of carbonyl (C=O) groups excluding carboxylic acids is 1. The molecule has 1 saturated heterocycles. The molecule has 1 amide bonds. The van der Waals surface area contributed by atoms with Crippen molar-refractivity contribution in [3.8, 4) is 11.5 Å². The van der Waals surface area contributed by atoms with E-state index in [1.165, 1.54) is 23.9 Å². The van der Waals surface area contributed by atoms with Crippen LogP contribution in [0.15, 0.2) is 101 Å². The third-order valence-corrected chi connectivity index (χ3v) is 14.2. The van der Waals surface area contributed by atoms with Crippen molar-refractivity contribution in [1.82, 2.24) is 14.9 Å². The maximum Gasteiger partial charge on any atom is 0.407 e. The van der Waals surface area contributed by atoms with E-state index in [-0.39, 0.29) is 11.6 Å². The first-order chi connectivity index (χ1) is 24.2. The van der Waals surface area contributed by atoms with Crippen molar-refractivity contribution in [1.29, 1.82) is 0 Å². The minimum atomic E-state index is -2.58. The van der Waals surface area contributed by atoms with Crippen LogP contribution in [0.5, 0.6) is 11.5 Å². The van der Waals surface area contributed by atoms with Gasteiger partial charge in [0.25, 0.3) is 5.56 Å². The van der Waals surface area contributed by atoms with Gasteiger partial charge in [-0.1, -0.05) is 75.4 Å². The van der Waals surface area contributed by atoms with Gasteiger partial charge in [-0.2, -0.15) is 0 Å². The molecule has 0 radical (unpaired) electrons. The number of nitrogens with zero attached hydrogens (tertiary/aromatic N) is 1. The van der Waals surface area contributed by atoms with E-state index in [1.54, 1.807) is 14.2 Å². The predicted molar refractivity (Wildman–Crippen MR) is 195 cm³/mol. The van der Waals surface area contributed by atoms with E-state index in [0.29, 0.717) is 11.5 Å². The molecule has 3 aromatic carbocycles. The normalized spacial score (nSPS) is 19.4. The standard InChI is InChI=1S/C38H47N3O9Si/c1-37(2,3)51(7,8)50-32-30(48-34(33(32)49-36(44)39-4)41-23-22-31(42)40-35(41)43)24-47-38(25-12-10-9-11-13-25,26-14-18-28(45-5)19-15-26)27-16-20-29(46-6)21-17-27/h9-23,30,32-34H,24H2,1-8H3,(H,39,44)(H,40,42,43)/t30-,32-,33-,34-/m1/s1. The van der Waals surface area contributed by atoms with Crippen LogP contribution in [-0.4, -0.2) is 70.1 Å². The van der Waals surface area contributed by atoms with Gasteiger partial charge in [0, 0.05) is 19.3 Å². The lowest BCUT2D eigenvalue weighted by molar-refractivity contribution is -0.0949. The molecule has 2 heterocycles. The SMILES string of the molecule is CNC(=O)O[C@@H]1[C@H](O[Si](C)(C)C(C)(C)C)[C@@H](COC(c2ccccc2)(c2ccc(OC)cc2)c2ccc(OC)cc2)O[C@H]1n1ccc(=O)[nH]c1=O. The van der Waals surface area contributed by atoms with Gasteiger partial charge in [-0.25, -0.2) is 9.59 Å². The molecule has 2 N–H and O–H groups in total. The van der Waals surface area contributed by atoms with Gasteiger partial charge in [0.2, 0.25) is 0 Å². The van der Waals surface area contributed by atoms with Crippen LogP contribution >= 0.6 is 0 Å². The first-order valence-corrected chi connectivity index (χ1v) is 19.7. The lowest BCUT2D eigenvalue weighted by Gasteiger charge is -2.41. The fraction of sp³-hybridized carbons (Fsp3) is 0.395. The van der Waals surface area contributed by atoms with Gasteiger partial charge < -0.3 is 33.4 Å². The first-order valence-electron chi connectivity index (χ1n) is 16.8. The Morgan fingerprint density at radius 1 is 0.843 bits per heavy atom. The van der Waals surface area contributed by atoms with E-state index in [4.69, 9.17) is 28.1 Å². The highest BCUT2D eigenvalue weighted by molar-refractivity contribution is 6.74. The molecule has 1 aliphatic rings. The maximum atomic E-state index is 13.1. The summed E-state index contributed by atoms with van der Waals surface area (Å²) in [5.41, 5.74) is -0.0161. The number of benzene rings is 3. The van der Waals surface area contributed by atoms with Gasteiger partial charge in [-0.05, 0) is 59.1 Å². The predicted octanol–water partition coefficient (Wildman–Crippen LogP) is 5.57. The molecule has 1 fully saturated rings. The van der Waals surface area contributed by atoms with E-state index in [9.17, 15) is 14.4 Å². The molecule has 1 aliphatic heterocycles. The minimum absolute atomic E-state index is 0.0611. The highest BCUT2D eigenvalue weighted by atomic mass is 28.4. The molecule has 272 valence electrons. The van der Waals surface area contributed by atoms with Crippen molar-refractivity contribution in [3.63, 3.8) is 0 Å². The van der Waals surface area contributed by atoms with Crippen LogP contribution in [0.4, 0.5) is 4.79 Å². The van der Waals surface area contributed by atoms with Crippen molar-refractivity contribution >= 4 is 14.4 Å². The number of methoxy groups -OCH3 is 2. The molecule has 12 nitrogen and oxygen atoms in total. The number of hydrogen-bond donors (Lipinski definition) is 2. The average molecular weight is 718 g/mol. The van der Waals surface area contributed by atoms with E-state index >= 15 is 0 Å². The van der Waals surface area contributed by atoms with E-state index < -0.39 is 55.8 Å². The van der Waals surface area contributed by atoms with Gasteiger partial charge in [0.15, 0.2) is 20.6 Å². The van der Waals surface area contributed by atoms with E-state index in [1.807, 2.05) is 78.9 Å². The summed E-state index contributed by atoms with van der Waals surface area (Å²) in [5.74, 6) is 1.36. The van der Waals surface area contributed by atoms with Crippen LogP contribution in [-0.2, 0) is 24.2 Å². The summed E-state index contributed by atoms with van der Waals surface area (Å²) in [6.45, 7) is 10.4. The lowest BCUT2D eigenvalue weighted by Crippen LogP contribution is -2.51. The Hall–Kier alpha value is -4.69. The molecular weight excluding hydrogens is 671 g/mol. The second kappa shape index (κ2) is 15.3. The Morgan fingerprint density at radius 2 is 1.39 bits per heavy atom. The zero-order chi connectivity index (χ0) is 37.0.